The predicted octanol–water partition coefficient (Wildman–Crippen LogP) is 0.460. The van der Waals surface area contributed by atoms with Crippen LogP contribution in [-0.2, 0) is 4.74 Å². The summed E-state index contributed by atoms with van der Waals surface area (Å²) in [5.41, 5.74) is 0. The van der Waals surface area contributed by atoms with E-state index in [2.05, 4.69) is 53.4 Å². The van der Waals surface area contributed by atoms with Crippen molar-refractivity contribution in [3.8, 4) is 0 Å². The standard InChI is InChI=1S/C16H35N5O/c1-14(2)12-15(20(4)5)13-19-16(17-3)18-6-7-21-8-10-22-11-9-21/h14-15H,6-13H2,1-5H3,(H2,17,18,19). The highest BCUT2D eigenvalue weighted by molar-refractivity contribution is 5.79. The van der Waals surface area contributed by atoms with E-state index in [1.165, 1.54) is 6.42 Å². The maximum Gasteiger partial charge on any atom is 0.191 e. The van der Waals surface area contributed by atoms with Crippen LogP contribution in [0.5, 0.6) is 0 Å². The van der Waals surface area contributed by atoms with E-state index in [-0.39, 0.29) is 0 Å². The zero-order valence-electron chi connectivity index (χ0n) is 15.1. The number of nitrogens with zero attached hydrogens (tertiary/aromatic N) is 3. The number of rotatable bonds is 8. The van der Waals surface area contributed by atoms with Gasteiger partial charge in [-0.25, -0.2) is 0 Å². The van der Waals surface area contributed by atoms with Crippen LogP contribution in [-0.4, -0.2) is 88.9 Å². The highest BCUT2D eigenvalue weighted by Gasteiger charge is 2.14. The van der Waals surface area contributed by atoms with Gasteiger partial charge in [0.2, 0.25) is 0 Å². The van der Waals surface area contributed by atoms with Crippen molar-refractivity contribution in [2.24, 2.45) is 10.9 Å². The van der Waals surface area contributed by atoms with Gasteiger partial charge >= 0.3 is 0 Å². The van der Waals surface area contributed by atoms with Gasteiger partial charge in [-0.15, -0.1) is 0 Å². The lowest BCUT2D eigenvalue weighted by Crippen LogP contribution is -2.47. The lowest BCUT2D eigenvalue weighted by molar-refractivity contribution is 0.0389. The second-order valence-electron chi connectivity index (χ2n) is 6.58. The maximum atomic E-state index is 5.36. The van der Waals surface area contributed by atoms with Gasteiger partial charge in [0.25, 0.3) is 0 Å². The molecule has 0 aliphatic carbocycles. The van der Waals surface area contributed by atoms with Crippen LogP contribution >= 0.6 is 0 Å². The van der Waals surface area contributed by atoms with Crippen molar-refractivity contribution in [3.05, 3.63) is 0 Å². The maximum absolute atomic E-state index is 5.36. The molecule has 6 heteroatoms. The molecule has 1 heterocycles. The molecule has 130 valence electrons. The summed E-state index contributed by atoms with van der Waals surface area (Å²) in [5, 5.41) is 6.85. The predicted molar refractivity (Wildman–Crippen MR) is 93.6 cm³/mol. The summed E-state index contributed by atoms with van der Waals surface area (Å²) in [4.78, 5) is 9.02. The molecular weight excluding hydrogens is 278 g/mol. The number of hydrogen-bond acceptors (Lipinski definition) is 4. The lowest BCUT2D eigenvalue weighted by atomic mass is 10.0. The Bertz CT molecular complexity index is 314. The Kier molecular flexibility index (Phi) is 9.43. The smallest absolute Gasteiger partial charge is 0.191 e. The number of guanidine groups is 1. The molecule has 6 nitrogen and oxygen atoms in total. The van der Waals surface area contributed by atoms with Crippen LogP contribution < -0.4 is 10.6 Å². The summed E-state index contributed by atoms with van der Waals surface area (Å²) < 4.78 is 5.36. The molecule has 0 aromatic carbocycles. The fraction of sp³-hybridized carbons (Fsp3) is 0.938. The average Bonchev–Trinajstić information content (AvgIpc) is 2.49. The van der Waals surface area contributed by atoms with Gasteiger partial charge in [-0.3, -0.25) is 9.89 Å². The topological polar surface area (TPSA) is 52.1 Å². The van der Waals surface area contributed by atoms with Gasteiger partial charge in [0.05, 0.1) is 13.2 Å². The number of aliphatic imine (C=N–C) groups is 1. The number of nitrogens with one attached hydrogen (secondary N) is 2. The quantitative estimate of drug-likeness (QED) is 0.504. The number of morpholine rings is 1. The van der Waals surface area contributed by atoms with Crippen LogP contribution in [0.4, 0.5) is 0 Å². The Morgan fingerprint density at radius 3 is 2.45 bits per heavy atom. The van der Waals surface area contributed by atoms with Crippen molar-refractivity contribution in [3.63, 3.8) is 0 Å². The largest absolute Gasteiger partial charge is 0.379 e. The molecule has 1 rings (SSSR count). The molecule has 0 aromatic heterocycles. The van der Waals surface area contributed by atoms with Crippen molar-refractivity contribution in [2.45, 2.75) is 26.3 Å². The van der Waals surface area contributed by atoms with E-state index >= 15 is 0 Å². The summed E-state index contributed by atoms with van der Waals surface area (Å²) in [7, 11) is 6.11. The van der Waals surface area contributed by atoms with Crippen molar-refractivity contribution < 1.29 is 4.74 Å². The highest BCUT2D eigenvalue weighted by atomic mass is 16.5. The highest BCUT2D eigenvalue weighted by Crippen LogP contribution is 2.07. The third-order valence-electron chi connectivity index (χ3n) is 4.03. The molecule has 0 spiro atoms. The Hall–Kier alpha value is -0.850. The minimum Gasteiger partial charge on any atom is -0.379 e. The molecule has 0 aromatic rings. The van der Waals surface area contributed by atoms with Gasteiger partial charge in [-0.1, -0.05) is 13.8 Å². The molecule has 0 amide bonds. The van der Waals surface area contributed by atoms with E-state index in [1.807, 2.05) is 7.05 Å². The normalized spacial score (nSPS) is 18.8. The van der Waals surface area contributed by atoms with Gasteiger partial charge in [-0.05, 0) is 26.4 Å². The Labute approximate surface area is 136 Å². The fourth-order valence-corrected chi connectivity index (χ4v) is 2.61. The zero-order chi connectivity index (χ0) is 16.4. The van der Waals surface area contributed by atoms with Crippen molar-refractivity contribution >= 4 is 5.96 Å². The van der Waals surface area contributed by atoms with Crippen LogP contribution in [0.3, 0.4) is 0 Å². The monoisotopic (exact) mass is 313 g/mol. The average molecular weight is 313 g/mol. The van der Waals surface area contributed by atoms with Gasteiger partial charge < -0.3 is 20.3 Å². The van der Waals surface area contributed by atoms with Crippen molar-refractivity contribution in [2.75, 3.05) is 67.1 Å². The molecule has 0 radical (unpaired) electrons. The fourth-order valence-electron chi connectivity index (χ4n) is 2.61. The van der Waals surface area contributed by atoms with E-state index in [1.54, 1.807) is 0 Å². The first kappa shape index (κ1) is 19.2. The molecule has 2 N–H and O–H groups in total. The second-order valence-corrected chi connectivity index (χ2v) is 6.58. The molecule has 1 atom stereocenters. The number of likely N-dealkylation sites (N-methyl/N-ethyl adjacent to an activating group) is 1. The van der Waals surface area contributed by atoms with E-state index in [4.69, 9.17) is 4.74 Å². The minimum absolute atomic E-state index is 0.526. The molecule has 1 aliphatic heterocycles. The second kappa shape index (κ2) is 10.8. The Morgan fingerprint density at radius 2 is 1.91 bits per heavy atom. The van der Waals surface area contributed by atoms with Crippen LogP contribution in [0.25, 0.3) is 0 Å². The number of ether oxygens (including phenoxy) is 1. The van der Waals surface area contributed by atoms with Crippen molar-refractivity contribution in [1.82, 2.24) is 20.4 Å². The molecule has 1 saturated heterocycles. The van der Waals surface area contributed by atoms with Gasteiger partial charge in [0, 0.05) is 45.8 Å². The summed E-state index contributed by atoms with van der Waals surface area (Å²) in [6.07, 6.45) is 1.19. The summed E-state index contributed by atoms with van der Waals surface area (Å²) in [6.45, 7) is 11.2. The SMILES string of the molecule is CN=C(NCCN1CCOCC1)NCC(CC(C)C)N(C)C. The Morgan fingerprint density at radius 1 is 1.23 bits per heavy atom. The third-order valence-corrected chi connectivity index (χ3v) is 4.03. The lowest BCUT2D eigenvalue weighted by Gasteiger charge is -2.28. The third kappa shape index (κ3) is 7.96. The molecule has 1 aliphatic rings. The summed E-state index contributed by atoms with van der Waals surface area (Å²) in [5.74, 6) is 1.59. The van der Waals surface area contributed by atoms with Crippen molar-refractivity contribution in [1.29, 1.82) is 0 Å². The van der Waals surface area contributed by atoms with Crippen LogP contribution in [0.15, 0.2) is 4.99 Å². The van der Waals surface area contributed by atoms with Gasteiger partial charge in [0.1, 0.15) is 0 Å². The van der Waals surface area contributed by atoms with Crippen LogP contribution in [0.1, 0.15) is 20.3 Å². The first-order valence-corrected chi connectivity index (χ1v) is 8.44. The zero-order valence-corrected chi connectivity index (χ0v) is 15.1. The minimum atomic E-state index is 0.526. The first-order chi connectivity index (χ1) is 10.5. The Balaban J connectivity index is 2.25. The van der Waals surface area contributed by atoms with Crippen LogP contribution in [0, 0.1) is 5.92 Å². The molecule has 0 bridgehead atoms. The summed E-state index contributed by atoms with van der Waals surface area (Å²) >= 11 is 0. The molecule has 22 heavy (non-hydrogen) atoms. The molecular formula is C16H35N5O. The molecule has 1 unspecified atom stereocenters. The number of hydrogen-bond donors (Lipinski definition) is 2. The molecule has 0 saturated carbocycles. The van der Waals surface area contributed by atoms with E-state index in [9.17, 15) is 0 Å². The molecule has 1 fully saturated rings. The summed E-state index contributed by atoms with van der Waals surface area (Å²) in [6, 6.07) is 0.526. The van der Waals surface area contributed by atoms with Crippen LogP contribution in [0.2, 0.25) is 0 Å². The van der Waals surface area contributed by atoms with E-state index in [0.717, 1.165) is 51.9 Å². The van der Waals surface area contributed by atoms with E-state index in [0.29, 0.717) is 12.0 Å². The van der Waals surface area contributed by atoms with Gasteiger partial charge in [-0.2, -0.15) is 0 Å². The van der Waals surface area contributed by atoms with Gasteiger partial charge in [0.15, 0.2) is 5.96 Å². The first-order valence-electron chi connectivity index (χ1n) is 8.44. The van der Waals surface area contributed by atoms with E-state index < -0.39 is 0 Å².